The summed E-state index contributed by atoms with van der Waals surface area (Å²) in [6.45, 7) is 0. The number of rotatable bonds is 10. The maximum atomic E-state index is 6.55. The molecule has 0 unspecified atom stereocenters. The molecule has 0 aliphatic carbocycles. The third kappa shape index (κ3) is 14.7. The second kappa shape index (κ2) is 35.1. The first kappa shape index (κ1) is 83.1. The molecule has 12 heteroatoms. The lowest BCUT2D eigenvalue weighted by Gasteiger charge is -2.14. The van der Waals surface area contributed by atoms with Crippen molar-refractivity contribution in [2.45, 2.75) is 0 Å². The van der Waals surface area contributed by atoms with Gasteiger partial charge in [0.15, 0.2) is 14.0 Å². The summed E-state index contributed by atoms with van der Waals surface area (Å²) >= 11 is 24.3. The van der Waals surface area contributed by atoms with Crippen LogP contribution in [0.25, 0.3) is 241 Å². The van der Waals surface area contributed by atoms with E-state index in [0.717, 1.165) is 139 Å². The summed E-state index contributed by atoms with van der Waals surface area (Å²) in [5.41, 5.74) is 17.9. The van der Waals surface area contributed by atoms with E-state index >= 15 is 0 Å². The molecule has 0 N–H and O–H groups in total. The van der Waals surface area contributed by atoms with E-state index in [1.54, 1.807) is 12.5 Å². The molecule has 0 fully saturated rings. The zero-order valence-corrected chi connectivity index (χ0v) is 81.1. The van der Waals surface area contributed by atoms with Crippen molar-refractivity contribution < 1.29 is 22.1 Å². The molecule has 132 heavy (non-hydrogen) atoms. The molecule has 0 radical (unpaired) electrons. The van der Waals surface area contributed by atoms with Gasteiger partial charge in [-0.05, 0) is 298 Å². The van der Waals surface area contributed by atoms with Crippen molar-refractivity contribution in [3.63, 3.8) is 0 Å². The van der Waals surface area contributed by atoms with Crippen LogP contribution in [-0.4, -0.2) is 0 Å². The van der Waals surface area contributed by atoms with Gasteiger partial charge < -0.3 is 22.1 Å². The molecule has 5 heterocycles. The van der Waals surface area contributed by atoms with Crippen molar-refractivity contribution in [2.24, 2.45) is 0 Å². The van der Waals surface area contributed by atoms with Crippen LogP contribution >= 0.6 is 112 Å². The lowest BCUT2D eigenvalue weighted by atomic mass is 9.89. The lowest BCUT2D eigenvalue weighted by molar-refractivity contribution is 0.538. The minimum Gasteiger partial charge on any atom is -0.463 e. The van der Waals surface area contributed by atoms with Crippen molar-refractivity contribution in [2.75, 3.05) is 0 Å². The molecular formula is C120H69Br7O5. The van der Waals surface area contributed by atoms with E-state index in [4.69, 9.17) is 22.1 Å². The van der Waals surface area contributed by atoms with Gasteiger partial charge in [-0.1, -0.05) is 376 Å². The highest BCUT2D eigenvalue weighted by Gasteiger charge is 2.29. The second-order valence-electron chi connectivity index (χ2n) is 32.7. The average Bonchev–Trinajstić information content (AvgIpc) is 1.63. The topological polar surface area (TPSA) is 65.7 Å². The smallest absolute Gasteiger partial charge is 0.184 e. The summed E-state index contributed by atoms with van der Waals surface area (Å²) in [6, 6.07) is 142. The zero-order chi connectivity index (χ0) is 88.8. The largest absolute Gasteiger partial charge is 0.463 e. The quantitative estimate of drug-likeness (QED) is 0.128. The Bertz CT molecular complexity index is 8620. The summed E-state index contributed by atoms with van der Waals surface area (Å²) in [6.07, 6.45) is 5.23. The van der Waals surface area contributed by atoms with Crippen molar-refractivity contribution in [3.05, 3.63) is 451 Å². The lowest BCUT2D eigenvalue weighted by Crippen LogP contribution is -1.88. The van der Waals surface area contributed by atoms with E-state index in [-0.39, 0.29) is 0 Å². The predicted octanol–water partition coefficient (Wildman–Crippen LogP) is 40.0. The van der Waals surface area contributed by atoms with Crippen molar-refractivity contribution in [1.82, 2.24) is 0 Å². The molecule has 5 aromatic heterocycles. The standard InChI is InChI=1S/2C32H19BrO.C32H20O.C20H10Br2O.C4HBr3O/c2*33-32-30(21-10-5-2-6-11-21)29(20-8-3-1-4-9-20)31(34-32)26-19-17-24-15-14-22-12-7-13-23-16-18-25(26)28(24)27(22)23;1-3-8-21(9-4-1)28-20-33-32(31(28)22-10-5-2-6-11-22)27-19-17-25-15-14-23-12-7-13-24-16-18-26(27)30(25)29(23)24;21-16-10-23-20(19(16)22)15-9-7-13-5-4-11-2-1-3-12-6-8-14(15)18(13)17(11)12;5-2-1-8-4(7)3(2)6/h2*1-19H;1-20H;1-10H;1H. The van der Waals surface area contributed by atoms with E-state index in [1.165, 1.54) is 129 Å². The number of furan rings is 5. The van der Waals surface area contributed by atoms with Gasteiger partial charge in [0.05, 0.1) is 24.2 Å². The molecule has 27 rings (SSSR count). The van der Waals surface area contributed by atoms with E-state index in [1.807, 2.05) is 24.5 Å². The molecule has 22 aromatic carbocycles. The Morgan fingerprint density at radius 1 is 0.152 bits per heavy atom. The van der Waals surface area contributed by atoms with Crippen LogP contribution in [0.3, 0.4) is 0 Å². The van der Waals surface area contributed by atoms with E-state index in [0.29, 0.717) is 4.67 Å². The minimum absolute atomic E-state index is 0.712. The number of hydrogen-bond donors (Lipinski definition) is 0. The minimum atomic E-state index is 0.712. The fourth-order valence-electron chi connectivity index (χ4n) is 19.5. The first-order chi connectivity index (χ1) is 64.9. The molecule has 628 valence electrons. The maximum absolute atomic E-state index is 6.55. The predicted molar refractivity (Wildman–Crippen MR) is 577 cm³/mol. The maximum Gasteiger partial charge on any atom is 0.184 e. The van der Waals surface area contributed by atoms with Gasteiger partial charge in [0.25, 0.3) is 0 Å². The molecule has 0 atom stereocenters. The van der Waals surface area contributed by atoms with Crippen molar-refractivity contribution in [1.29, 1.82) is 0 Å². The van der Waals surface area contributed by atoms with Crippen LogP contribution in [0.5, 0.6) is 0 Å². The fraction of sp³-hybridized carbons (Fsp3) is 0. The van der Waals surface area contributed by atoms with Gasteiger partial charge in [0.2, 0.25) is 0 Å². The highest BCUT2D eigenvalue weighted by Crippen LogP contribution is 2.54. The Hall–Kier alpha value is -13.2. The van der Waals surface area contributed by atoms with E-state index < -0.39 is 0 Å². The molecule has 0 aliphatic rings. The Morgan fingerprint density at radius 3 is 0.674 bits per heavy atom. The number of hydrogen-bond acceptors (Lipinski definition) is 5. The second-order valence-corrected chi connectivity index (χ2v) is 38.2. The molecule has 0 amide bonds. The first-order valence-electron chi connectivity index (χ1n) is 43.2. The Balaban J connectivity index is 0.0000000977. The zero-order valence-electron chi connectivity index (χ0n) is 70.0. The number of benzene rings is 22. The summed E-state index contributed by atoms with van der Waals surface area (Å²) < 4.78 is 36.1. The normalized spacial score (nSPS) is 11.6. The van der Waals surface area contributed by atoms with Gasteiger partial charge in [0, 0.05) is 55.6 Å². The molecule has 0 saturated heterocycles. The summed E-state index contributed by atoms with van der Waals surface area (Å²) in [7, 11) is 0. The molecule has 0 bridgehead atoms. The molecule has 0 spiro atoms. The van der Waals surface area contributed by atoms with Crippen LogP contribution < -0.4 is 0 Å². The van der Waals surface area contributed by atoms with Crippen LogP contribution in [0.2, 0.25) is 0 Å². The summed E-state index contributed by atoms with van der Waals surface area (Å²) in [4.78, 5) is 0. The Morgan fingerprint density at radius 2 is 0.394 bits per heavy atom. The molecule has 27 aromatic rings. The van der Waals surface area contributed by atoms with Gasteiger partial charge in [-0.3, -0.25) is 0 Å². The highest BCUT2D eigenvalue weighted by atomic mass is 79.9. The van der Waals surface area contributed by atoms with E-state index in [9.17, 15) is 0 Å². The SMILES string of the molecule is Brc1coc(-c2ccc3ccc4cccc5ccc2c3c45)c1Br.Brc1coc(Br)c1Br.Brc1oc(-c2ccc3ccc4cccc5ccc2c3c45)c(-c2ccccc2)c1-c1ccccc1.Brc1oc(-c2ccc3ccc4cccc5ccc2c3c45)c(-c2ccccc2)c1-c1ccccc1.c1ccc(-c2coc(-c3ccc4ccc5cccc6ccc3c4c56)c2-c2ccccc2)cc1. The van der Waals surface area contributed by atoms with Gasteiger partial charge >= 0.3 is 0 Å². The Kier molecular flexibility index (Phi) is 22.1. The van der Waals surface area contributed by atoms with Crippen LogP contribution in [0.1, 0.15) is 0 Å². The van der Waals surface area contributed by atoms with Crippen molar-refractivity contribution >= 4 is 241 Å². The molecule has 0 saturated carbocycles. The number of halogens is 7. The van der Waals surface area contributed by atoms with Gasteiger partial charge in [-0.2, -0.15) is 0 Å². The molecule has 0 aliphatic heterocycles. The van der Waals surface area contributed by atoms with Crippen LogP contribution in [0, 0.1) is 0 Å². The van der Waals surface area contributed by atoms with Crippen LogP contribution in [0.4, 0.5) is 0 Å². The van der Waals surface area contributed by atoms with Gasteiger partial charge in [0.1, 0.15) is 35.6 Å². The fourth-order valence-corrected chi connectivity index (χ4v) is 22.4. The van der Waals surface area contributed by atoms with Gasteiger partial charge in [-0.15, -0.1) is 0 Å². The monoisotopic (exact) mass is 2140 g/mol. The summed E-state index contributed by atoms with van der Waals surface area (Å²) in [5.74, 6) is 3.54. The molecule has 5 nitrogen and oxygen atoms in total. The van der Waals surface area contributed by atoms with Crippen LogP contribution in [0.15, 0.2) is 473 Å². The summed E-state index contributed by atoms with van der Waals surface area (Å²) in [5, 5.41) is 30.5. The van der Waals surface area contributed by atoms with E-state index in [2.05, 4.69) is 494 Å². The van der Waals surface area contributed by atoms with Crippen molar-refractivity contribution in [3.8, 4) is 112 Å². The highest BCUT2D eigenvalue weighted by molar-refractivity contribution is 9.14. The third-order valence-corrected chi connectivity index (χ3v) is 31.4. The van der Waals surface area contributed by atoms with Gasteiger partial charge in [-0.25, -0.2) is 0 Å². The first-order valence-corrected chi connectivity index (χ1v) is 48.7. The molecular weight excluding hydrogens is 2080 g/mol. The average molecular weight is 2150 g/mol. The third-order valence-electron chi connectivity index (χ3n) is 25.3. The Labute approximate surface area is 817 Å². The van der Waals surface area contributed by atoms with Crippen LogP contribution in [-0.2, 0) is 0 Å².